The number of amides is 1. The monoisotopic (exact) mass is 347 g/mol. The van der Waals surface area contributed by atoms with Gasteiger partial charge in [-0.05, 0) is 42.9 Å². The number of aliphatic carboxylic acids is 1. The highest BCUT2D eigenvalue weighted by atomic mass is 16.7. The Balaban J connectivity index is 1.74. The molecule has 1 aromatic rings. The molecule has 1 aromatic carbocycles. The van der Waals surface area contributed by atoms with Crippen LogP contribution in [0.15, 0.2) is 18.2 Å². The van der Waals surface area contributed by atoms with Crippen LogP contribution in [0.5, 0.6) is 11.5 Å². The predicted molar refractivity (Wildman–Crippen MR) is 91.3 cm³/mol. The third kappa shape index (κ3) is 2.46. The van der Waals surface area contributed by atoms with Crippen molar-refractivity contribution in [3.05, 3.63) is 23.8 Å². The van der Waals surface area contributed by atoms with E-state index in [1.807, 2.05) is 39.0 Å². The van der Waals surface area contributed by atoms with Crippen LogP contribution in [0.2, 0.25) is 0 Å². The minimum atomic E-state index is -0.919. The van der Waals surface area contributed by atoms with Gasteiger partial charge in [-0.3, -0.25) is 9.59 Å². The molecule has 1 heterocycles. The number of carboxylic acids is 1. The number of hydrogen-bond acceptors (Lipinski definition) is 4. The van der Waals surface area contributed by atoms with Crippen molar-refractivity contribution in [2.75, 3.05) is 6.79 Å². The first kappa shape index (κ1) is 17.6. The first-order valence-corrected chi connectivity index (χ1v) is 8.52. The van der Waals surface area contributed by atoms with E-state index in [0.717, 1.165) is 5.56 Å². The molecule has 2 aliphatic rings. The summed E-state index contributed by atoms with van der Waals surface area (Å²) in [6.45, 7) is 7.96. The molecule has 6 heteroatoms. The number of carbonyl (C=O) groups is 2. The molecule has 1 aliphatic carbocycles. The molecule has 2 atom stereocenters. The van der Waals surface area contributed by atoms with Gasteiger partial charge in [-0.1, -0.05) is 26.8 Å². The summed E-state index contributed by atoms with van der Waals surface area (Å²) in [5.74, 6) is 0.429. The largest absolute Gasteiger partial charge is 0.481 e. The van der Waals surface area contributed by atoms with Crippen molar-refractivity contribution in [3.8, 4) is 11.5 Å². The lowest BCUT2D eigenvalue weighted by Gasteiger charge is -2.44. The average molecular weight is 347 g/mol. The molecule has 0 aromatic heterocycles. The van der Waals surface area contributed by atoms with E-state index >= 15 is 0 Å². The lowest BCUT2D eigenvalue weighted by Crippen LogP contribution is -2.51. The zero-order valence-corrected chi connectivity index (χ0v) is 15.1. The molecule has 0 saturated heterocycles. The zero-order valence-electron chi connectivity index (χ0n) is 15.1. The number of fused-ring (bicyclic) bond motifs is 1. The van der Waals surface area contributed by atoms with Crippen LogP contribution >= 0.6 is 0 Å². The fourth-order valence-corrected chi connectivity index (χ4v) is 3.93. The van der Waals surface area contributed by atoms with Crippen molar-refractivity contribution in [2.45, 2.75) is 47.1 Å². The second kappa shape index (κ2) is 5.64. The molecular weight excluding hydrogens is 322 g/mol. The second-order valence-electron chi connectivity index (χ2n) is 7.96. The highest BCUT2D eigenvalue weighted by Gasteiger charge is 2.64. The summed E-state index contributed by atoms with van der Waals surface area (Å²) in [6, 6.07) is 5.57. The quantitative estimate of drug-likeness (QED) is 0.875. The minimum absolute atomic E-state index is 0.111. The summed E-state index contributed by atoms with van der Waals surface area (Å²) in [5.41, 5.74) is -1.41. The number of rotatable bonds is 4. The van der Waals surface area contributed by atoms with Crippen LogP contribution in [0.1, 0.15) is 46.1 Å². The number of benzene rings is 1. The van der Waals surface area contributed by atoms with E-state index in [9.17, 15) is 14.7 Å². The standard InChI is InChI=1S/C19H25NO5/c1-17(2)18(3,7-8-19(17,4)16(22)23)15(21)20-10-12-5-6-13-14(9-12)25-11-24-13/h5-6,9H,7-8,10-11H2,1-4H3,(H,20,21)(H,22,23). The Labute approximate surface area is 147 Å². The summed E-state index contributed by atoms with van der Waals surface area (Å²) in [7, 11) is 0. The molecule has 0 radical (unpaired) electrons. The third-order valence-corrected chi connectivity index (χ3v) is 6.75. The molecule has 1 aliphatic heterocycles. The van der Waals surface area contributed by atoms with Gasteiger partial charge in [-0.25, -0.2) is 0 Å². The van der Waals surface area contributed by atoms with Gasteiger partial charge in [0.25, 0.3) is 0 Å². The molecule has 0 bridgehead atoms. The van der Waals surface area contributed by atoms with Crippen LogP contribution in [0.25, 0.3) is 0 Å². The van der Waals surface area contributed by atoms with E-state index in [4.69, 9.17) is 9.47 Å². The van der Waals surface area contributed by atoms with E-state index in [1.165, 1.54) is 0 Å². The lowest BCUT2D eigenvalue weighted by molar-refractivity contribution is -0.158. The van der Waals surface area contributed by atoms with Gasteiger partial charge in [-0.15, -0.1) is 0 Å². The number of hydrogen-bond donors (Lipinski definition) is 2. The SMILES string of the molecule is CC1(C(=O)O)CCC(C)(C(=O)NCc2ccc3c(c2)OCO3)C1(C)C. The Morgan fingerprint density at radius 2 is 1.72 bits per heavy atom. The maximum atomic E-state index is 12.9. The van der Waals surface area contributed by atoms with Crippen molar-refractivity contribution in [1.82, 2.24) is 5.32 Å². The molecule has 3 rings (SSSR count). The Morgan fingerprint density at radius 3 is 2.36 bits per heavy atom. The molecule has 0 spiro atoms. The molecule has 2 N–H and O–H groups in total. The molecule has 136 valence electrons. The van der Waals surface area contributed by atoms with Gasteiger partial charge >= 0.3 is 5.97 Å². The minimum Gasteiger partial charge on any atom is -0.481 e. The number of nitrogens with one attached hydrogen (secondary N) is 1. The van der Waals surface area contributed by atoms with Crippen molar-refractivity contribution in [2.24, 2.45) is 16.2 Å². The van der Waals surface area contributed by atoms with Crippen molar-refractivity contribution in [1.29, 1.82) is 0 Å². The molecule has 25 heavy (non-hydrogen) atoms. The fraction of sp³-hybridized carbons (Fsp3) is 0.579. The van der Waals surface area contributed by atoms with E-state index in [-0.39, 0.29) is 12.7 Å². The van der Waals surface area contributed by atoms with E-state index in [0.29, 0.717) is 30.9 Å². The smallest absolute Gasteiger partial charge is 0.309 e. The summed E-state index contributed by atoms with van der Waals surface area (Å²) in [4.78, 5) is 24.7. The van der Waals surface area contributed by atoms with Crippen LogP contribution in [0, 0.1) is 16.2 Å². The van der Waals surface area contributed by atoms with Gasteiger partial charge < -0.3 is 19.9 Å². The Kier molecular flexibility index (Phi) is 3.97. The van der Waals surface area contributed by atoms with Gasteiger partial charge in [0, 0.05) is 6.54 Å². The summed E-state index contributed by atoms with van der Waals surface area (Å²) in [5, 5.41) is 12.6. The fourth-order valence-electron chi connectivity index (χ4n) is 3.93. The first-order chi connectivity index (χ1) is 11.6. The maximum Gasteiger partial charge on any atom is 0.309 e. The van der Waals surface area contributed by atoms with Crippen LogP contribution in [-0.4, -0.2) is 23.8 Å². The molecule has 2 unspecified atom stereocenters. The normalized spacial score (nSPS) is 29.4. The predicted octanol–water partition coefficient (Wildman–Crippen LogP) is 2.95. The van der Waals surface area contributed by atoms with E-state index < -0.39 is 22.2 Å². The van der Waals surface area contributed by atoms with Crippen molar-refractivity contribution >= 4 is 11.9 Å². The first-order valence-electron chi connectivity index (χ1n) is 8.52. The Bertz CT molecular complexity index is 729. The van der Waals surface area contributed by atoms with Crippen LogP contribution < -0.4 is 14.8 Å². The third-order valence-electron chi connectivity index (χ3n) is 6.75. The maximum absolute atomic E-state index is 12.9. The van der Waals surface area contributed by atoms with Crippen LogP contribution in [0.3, 0.4) is 0 Å². The summed E-state index contributed by atoms with van der Waals surface area (Å²) < 4.78 is 10.6. The summed E-state index contributed by atoms with van der Waals surface area (Å²) in [6.07, 6.45) is 1.04. The Morgan fingerprint density at radius 1 is 1.08 bits per heavy atom. The van der Waals surface area contributed by atoms with Crippen molar-refractivity contribution in [3.63, 3.8) is 0 Å². The number of carboxylic acid groups (broad SMARTS) is 1. The molecule has 1 saturated carbocycles. The lowest BCUT2D eigenvalue weighted by atomic mass is 9.59. The van der Waals surface area contributed by atoms with Gasteiger partial charge in [0.2, 0.25) is 12.7 Å². The molecule has 1 amide bonds. The second-order valence-corrected chi connectivity index (χ2v) is 7.96. The van der Waals surface area contributed by atoms with Crippen molar-refractivity contribution < 1.29 is 24.2 Å². The van der Waals surface area contributed by atoms with Gasteiger partial charge in [0.15, 0.2) is 11.5 Å². The molecular formula is C19H25NO5. The van der Waals surface area contributed by atoms with Crippen LogP contribution in [0.4, 0.5) is 0 Å². The van der Waals surface area contributed by atoms with Gasteiger partial charge in [-0.2, -0.15) is 0 Å². The van der Waals surface area contributed by atoms with E-state index in [2.05, 4.69) is 5.32 Å². The number of carbonyl (C=O) groups excluding carboxylic acids is 1. The van der Waals surface area contributed by atoms with Crippen LogP contribution in [-0.2, 0) is 16.1 Å². The zero-order chi connectivity index (χ0) is 18.5. The topological polar surface area (TPSA) is 84.9 Å². The Hall–Kier alpha value is -2.24. The summed E-state index contributed by atoms with van der Waals surface area (Å²) >= 11 is 0. The van der Waals surface area contributed by atoms with Gasteiger partial charge in [0.1, 0.15) is 0 Å². The highest BCUT2D eigenvalue weighted by molar-refractivity contribution is 5.86. The molecule has 1 fully saturated rings. The highest BCUT2D eigenvalue weighted by Crippen LogP contribution is 2.62. The van der Waals surface area contributed by atoms with E-state index in [1.54, 1.807) is 6.92 Å². The van der Waals surface area contributed by atoms with Gasteiger partial charge in [0.05, 0.1) is 10.8 Å². The average Bonchev–Trinajstić information content (AvgIpc) is 3.10. The molecule has 6 nitrogen and oxygen atoms in total. The number of ether oxygens (including phenoxy) is 2.